The molecule has 0 N–H and O–H groups in total. The highest BCUT2D eigenvalue weighted by atomic mass is 35.5. The number of ether oxygens (including phenoxy) is 1. The minimum absolute atomic E-state index is 0.0195. The topological polar surface area (TPSA) is 83.7 Å². The van der Waals surface area contributed by atoms with Gasteiger partial charge < -0.3 is 4.74 Å². The van der Waals surface area contributed by atoms with Crippen LogP contribution in [0.5, 0.6) is 5.75 Å². The first-order valence-corrected chi connectivity index (χ1v) is 8.76. The van der Waals surface area contributed by atoms with Gasteiger partial charge in [-0.1, -0.05) is 35.9 Å². The SMILES string of the molecule is COc1cccc(C2=CC(c3ccc(Cl)cc3)=NCN2/N=C(\C)C(=O)N=O)c1. The van der Waals surface area contributed by atoms with Crippen molar-refractivity contribution in [2.45, 2.75) is 6.92 Å². The fourth-order valence-corrected chi connectivity index (χ4v) is 2.78. The Morgan fingerprint density at radius 3 is 2.61 bits per heavy atom. The molecule has 2 aromatic rings. The predicted octanol–water partition coefficient (Wildman–Crippen LogP) is 4.12. The first-order valence-electron chi connectivity index (χ1n) is 8.39. The lowest BCUT2D eigenvalue weighted by atomic mass is 10.0. The highest BCUT2D eigenvalue weighted by Gasteiger charge is 2.20. The van der Waals surface area contributed by atoms with Crippen molar-refractivity contribution in [3.63, 3.8) is 0 Å². The van der Waals surface area contributed by atoms with Crippen molar-refractivity contribution < 1.29 is 9.53 Å². The van der Waals surface area contributed by atoms with Crippen LogP contribution in [-0.4, -0.2) is 36.1 Å². The van der Waals surface area contributed by atoms with E-state index in [0.717, 1.165) is 16.8 Å². The predicted molar refractivity (Wildman–Crippen MR) is 110 cm³/mol. The van der Waals surface area contributed by atoms with E-state index in [9.17, 15) is 9.70 Å². The molecule has 0 unspecified atom stereocenters. The number of nitrogens with zero attached hydrogens (tertiary/aromatic N) is 4. The summed E-state index contributed by atoms with van der Waals surface area (Å²) in [6.45, 7) is 1.61. The number of benzene rings is 2. The summed E-state index contributed by atoms with van der Waals surface area (Å²) in [6.07, 6.45) is 1.86. The van der Waals surface area contributed by atoms with Crippen molar-refractivity contribution in [1.29, 1.82) is 0 Å². The van der Waals surface area contributed by atoms with Crippen molar-refractivity contribution >= 4 is 34.6 Å². The van der Waals surface area contributed by atoms with E-state index < -0.39 is 5.91 Å². The zero-order valence-corrected chi connectivity index (χ0v) is 16.1. The van der Waals surface area contributed by atoms with E-state index in [-0.39, 0.29) is 12.4 Å². The molecule has 142 valence electrons. The summed E-state index contributed by atoms with van der Waals surface area (Å²) in [6, 6.07) is 14.8. The molecule has 0 atom stereocenters. The summed E-state index contributed by atoms with van der Waals surface area (Å²) in [5.74, 6) is -0.238. The summed E-state index contributed by atoms with van der Waals surface area (Å²) in [4.78, 5) is 26.6. The molecule has 1 amide bonds. The Kier molecular flexibility index (Phi) is 5.96. The minimum atomic E-state index is -0.919. The zero-order valence-electron chi connectivity index (χ0n) is 15.3. The monoisotopic (exact) mass is 396 g/mol. The Bertz CT molecular complexity index is 997. The molecule has 7 nitrogen and oxygen atoms in total. The van der Waals surface area contributed by atoms with Crippen LogP contribution in [0.15, 0.2) is 69.9 Å². The number of carbonyl (C=O) groups excluding carboxylic acids is 1. The number of halogens is 1. The van der Waals surface area contributed by atoms with Crippen molar-refractivity contribution in [2.75, 3.05) is 13.8 Å². The third kappa shape index (κ3) is 4.32. The first-order chi connectivity index (χ1) is 13.5. The normalized spacial score (nSPS) is 14.2. The summed E-state index contributed by atoms with van der Waals surface area (Å²) < 4.78 is 5.31. The van der Waals surface area contributed by atoms with Gasteiger partial charge in [0.25, 0.3) is 0 Å². The summed E-state index contributed by atoms with van der Waals surface area (Å²) >= 11 is 5.97. The maximum Gasteiger partial charge on any atom is 0.332 e. The smallest absolute Gasteiger partial charge is 0.332 e. The molecule has 1 aliphatic rings. The largest absolute Gasteiger partial charge is 0.497 e. The molecule has 0 aromatic heterocycles. The van der Waals surface area contributed by atoms with Gasteiger partial charge in [0, 0.05) is 15.8 Å². The molecule has 0 fully saturated rings. The summed E-state index contributed by atoms with van der Waals surface area (Å²) in [7, 11) is 1.59. The molecule has 0 saturated carbocycles. The molecule has 0 saturated heterocycles. The molecule has 3 rings (SSSR count). The lowest BCUT2D eigenvalue weighted by Crippen LogP contribution is -2.25. The number of hydrogen-bond donors (Lipinski definition) is 0. The molecule has 28 heavy (non-hydrogen) atoms. The van der Waals surface area contributed by atoms with Gasteiger partial charge >= 0.3 is 5.91 Å². The van der Waals surface area contributed by atoms with E-state index in [1.165, 1.54) is 6.92 Å². The van der Waals surface area contributed by atoms with Gasteiger partial charge in [-0.05, 0) is 42.8 Å². The third-order valence-electron chi connectivity index (χ3n) is 4.10. The number of hydrogen-bond acceptors (Lipinski definition) is 6. The number of nitroso groups, excluding NO2 is 1. The molecule has 0 radical (unpaired) electrons. The lowest BCUT2D eigenvalue weighted by molar-refractivity contribution is -0.112. The van der Waals surface area contributed by atoms with E-state index in [2.05, 4.69) is 15.3 Å². The number of aliphatic imine (C=N–C) groups is 1. The van der Waals surface area contributed by atoms with Crippen LogP contribution < -0.4 is 4.74 Å². The molecule has 0 bridgehead atoms. The standard InChI is InChI=1S/C20H17ClN4O3/c1-13(20(26)24-27)23-25-12-22-18(14-6-8-16(21)9-7-14)11-19(25)15-4-3-5-17(10-15)28-2/h3-11H,12H2,1-2H3/b23-13+. The maximum absolute atomic E-state index is 11.5. The number of amides is 1. The molecule has 2 aromatic carbocycles. The highest BCUT2D eigenvalue weighted by Crippen LogP contribution is 2.27. The number of carbonyl (C=O) groups is 1. The highest BCUT2D eigenvalue weighted by molar-refractivity contribution is 6.38. The van der Waals surface area contributed by atoms with Crippen LogP contribution in [0.25, 0.3) is 5.70 Å². The summed E-state index contributed by atoms with van der Waals surface area (Å²) in [5, 5.41) is 8.83. The van der Waals surface area contributed by atoms with Gasteiger partial charge in [0.15, 0.2) is 0 Å². The van der Waals surface area contributed by atoms with Gasteiger partial charge in [-0.3, -0.25) is 9.79 Å². The van der Waals surface area contributed by atoms with Crippen molar-refractivity contribution in [1.82, 2.24) is 5.01 Å². The van der Waals surface area contributed by atoms with E-state index in [1.54, 1.807) is 24.3 Å². The van der Waals surface area contributed by atoms with Crippen molar-refractivity contribution in [3.8, 4) is 5.75 Å². The Balaban J connectivity index is 2.05. The average molecular weight is 397 g/mol. The van der Waals surface area contributed by atoms with Crippen molar-refractivity contribution in [2.24, 2.45) is 15.3 Å². The zero-order chi connectivity index (χ0) is 20.1. The first kappa shape index (κ1) is 19.4. The number of hydrazone groups is 1. The molecule has 1 aliphatic heterocycles. The van der Waals surface area contributed by atoms with Crippen LogP contribution in [0.2, 0.25) is 5.02 Å². The second kappa shape index (κ2) is 8.58. The molecule has 0 aliphatic carbocycles. The molecule has 1 heterocycles. The second-order valence-corrected chi connectivity index (χ2v) is 6.37. The van der Waals surface area contributed by atoms with Crippen LogP contribution in [0.3, 0.4) is 0 Å². The molecular formula is C20H17ClN4O3. The second-order valence-electron chi connectivity index (χ2n) is 5.93. The average Bonchev–Trinajstić information content (AvgIpc) is 2.74. The van der Waals surface area contributed by atoms with E-state index in [4.69, 9.17) is 16.3 Å². The maximum atomic E-state index is 11.5. The van der Waals surface area contributed by atoms with Crippen molar-refractivity contribution in [3.05, 3.63) is 75.7 Å². The van der Waals surface area contributed by atoms with Crippen LogP contribution >= 0.6 is 11.6 Å². The Morgan fingerprint density at radius 2 is 1.93 bits per heavy atom. The van der Waals surface area contributed by atoms with E-state index in [1.807, 2.05) is 42.5 Å². The van der Waals surface area contributed by atoms with Gasteiger partial charge in [0.05, 0.1) is 18.5 Å². The Morgan fingerprint density at radius 1 is 1.18 bits per heavy atom. The fourth-order valence-electron chi connectivity index (χ4n) is 2.65. The van der Waals surface area contributed by atoms with Crippen LogP contribution in [-0.2, 0) is 4.79 Å². The molecular weight excluding hydrogens is 380 g/mol. The minimum Gasteiger partial charge on any atom is -0.497 e. The number of methoxy groups -OCH3 is 1. The molecule has 0 spiro atoms. The van der Waals surface area contributed by atoms with Gasteiger partial charge in [0.1, 0.15) is 18.1 Å². The van der Waals surface area contributed by atoms with E-state index in [0.29, 0.717) is 16.5 Å². The van der Waals surface area contributed by atoms with Gasteiger partial charge in [-0.2, -0.15) is 5.10 Å². The molecule has 8 heteroatoms. The third-order valence-corrected chi connectivity index (χ3v) is 4.35. The lowest BCUT2D eigenvalue weighted by Gasteiger charge is -2.25. The van der Waals surface area contributed by atoms with Gasteiger partial charge in [-0.25, -0.2) is 5.01 Å². The van der Waals surface area contributed by atoms with Crippen LogP contribution in [0, 0.1) is 4.91 Å². The summed E-state index contributed by atoms with van der Waals surface area (Å²) in [5.41, 5.74) is 3.16. The van der Waals surface area contributed by atoms with Crippen LogP contribution in [0.4, 0.5) is 0 Å². The Hall–Kier alpha value is -3.32. The van der Waals surface area contributed by atoms with E-state index >= 15 is 0 Å². The van der Waals surface area contributed by atoms with Crippen LogP contribution in [0.1, 0.15) is 18.1 Å². The van der Waals surface area contributed by atoms with Gasteiger partial charge in [-0.15, -0.1) is 4.91 Å². The number of rotatable bonds is 5. The fraction of sp³-hybridized carbons (Fsp3) is 0.150. The van der Waals surface area contributed by atoms with Gasteiger partial charge in [0.2, 0.25) is 0 Å². The quantitative estimate of drug-likeness (QED) is 0.562. The number of allylic oxidation sites excluding steroid dienone is 1. The Labute approximate surface area is 167 Å².